The van der Waals surface area contributed by atoms with E-state index in [-0.39, 0.29) is 29.7 Å². The molecule has 0 atom stereocenters. The van der Waals surface area contributed by atoms with Gasteiger partial charge in [0.25, 0.3) is 0 Å². The molecule has 2 aliphatic heterocycles. The van der Waals surface area contributed by atoms with Gasteiger partial charge in [-0.05, 0) is 73.6 Å². The molecule has 1 fully saturated rings. The van der Waals surface area contributed by atoms with Crippen LogP contribution in [0, 0.1) is 12.8 Å². The molecule has 0 unspecified atom stereocenters. The molecule has 3 heterocycles. The molecule has 0 aliphatic carbocycles. The lowest BCUT2D eigenvalue weighted by Crippen LogP contribution is -2.41. The lowest BCUT2D eigenvalue weighted by Gasteiger charge is -2.31. The minimum Gasteiger partial charge on any atom is -0.309 e. The van der Waals surface area contributed by atoms with Crippen molar-refractivity contribution in [1.82, 2.24) is 9.29 Å². The molecule has 1 aromatic heterocycles. The average Bonchev–Trinajstić information content (AvgIpc) is 2.75. The first-order valence-corrected chi connectivity index (χ1v) is 12.3. The number of anilines is 2. The number of fused-ring (bicyclic) bond motifs is 1. The Bertz CT molecular complexity index is 1140. The van der Waals surface area contributed by atoms with Gasteiger partial charge in [0.1, 0.15) is 12.4 Å². The largest absolute Gasteiger partial charge is 0.309 e. The topological polar surface area (TPSA) is 99.7 Å². The Labute approximate surface area is 188 Å². The van der Waals surface area contributed by atoms with Gasteiger partial charge in [-0.15, -0.1) is 0 Å². The van der Waals surface area contributed by atoms with Crippen LogP contribution in [0.15, 0.2) is 41.4 Å². The molecule has 1 saturated heterocycles. The van der Waals surface area contributed by atoms with Crippen LogP contribution in [-0.2, 0) is 26.0 Å². The van der Waals surface area contributed by atoms with Gasteiger partial charge in [0, 0.05) is 31.4 Å². The van der Waals surface area contributed by atoms with Gasteiger partial charge in [-0.1, -0.05) is 6.92 Å². The van der Waals surface area contributed by atoms with Gasteiger partial charge in [-0.2, -0.15) is 4.31 Å². The number of nitrogens with one attached hydrogen (secondary N) is 1. The Balaban J connectivity index is 1.53. The minimum atomic E-state index is -3.58. The van der Waals surface area contributed by atoms with E-state index in [9.17, 15) is 18.0 Å². The second-order valence-corrected chi connectivity index (χ2v) is 10.6. The number of pyridine rings is 1. The van der Waals surface area contributed by atoms with Crippen LogP contribution in [0.25, 0.3) is 0 Å². The van der Waals surface area contributed by atoms with Crippen LogP contribution >= 0.6 is 0 Å². The number of sulfonamides is 1. The summed E-state index contributed by atoms with van der Waals surface area (Å²) in [5, 5.41) is 2.72. The summed E-state index contributed by atoms with van der Waals surface area (Å²) in [7, 11) is -3.58. The Hall–Kier alpha value is -2.78. The number of hydrogen-bond donors (Lipinski definition) is 1. The fourth-order valence-electron chi connectivity index (χ4n) is 4.17. The number of benzene rings is 1. The quantitative estimate of drug-likeness (QED) is 0.746. The zero-order valence-electron chi connectivity index (χ0n) is 18.4. The highest BCUT2D eigenvalue weighted by Gasteiger charge is 2.31. The molecule has 9 heteroatoms. The van der Waals surface area contributed by atoms with Crippen molar-refractivity contribution in [1.29, 1.82) is 0 Å². The molecule has 0 spiro atoms. The maximum Gasteiger partial charge on any atom is 0.245 e. The van der Waals surface area contributed by atoms with E-state index in [0.717, 1.165) is 24.0 Å². The van der Waals surface area contributed by atoms with E-state index in [1.807, 2.05) is 13.0 Å². The maximum absolute atomic E-state index is 13.1. The second-order valence-electron chi connectivity index (χ2n) is 8.62. The summed E-state index contributed by atoms with van der Waals surface area (Å²) >= 11 is 0. The van der Waals surface area contributed by atoms with Gasteiger partial charge in [0.2, 0.25) is 21.8 Å². The van der Waals surface area contributed by atoms with Crippen molar-refractivity contribution in [3.8, 4) is 0 Å². The number of aromatic nitrogens is 1. The van der Waals surface area contributed by atoms with Gasteiger partial charge in [0.15, 0.2) is 0 Å². The van der Waals surface area contributed by atoms with Crippen molar-refractivity contribution in [3.05, 3.63) is 47.7 Å². The molecule has 1 N–H and O–H groups in total. The van der Waals surface area contributed by atoms with Crippen LogP contribution in [0.5, 0.6) is 0 Å². The summed E-state index contributed by atoms with van der Waals surface area (Å²) in [6.45, 7) is 4.94. The molecule has 2 aromatic rings. The normalized spacial score (nSPS) is 17.8. The lowest BCUT2D eigenvalue weighted by molar-refractivity contribution is -0.121. The van der Waals surface area contributed by atoms with Crippen LogP contribution in [0.3, 0.4) is 0 Å². The van der Waals surface area contributed by atoms with Gasteiger partial charge in [0.05, 0.1) is 4.90 Å². The van der Waals surface area contributed by atoms with Crippen LogP contribution in [-0.4, -0.2) is 49.2 Å². The third kappa shape index (κ3) is 4.68. The van der Waals surface area contributed by atoms with E-state index < -0.39 is 10.0 Å². The van der Waals surface area contributed by atoms with Crippen molar-refractivity contribution in [2.24, 2.45) is 5.92 Å². The minimum absolute atomic E-state index is 0.155. The zero-order chi connectivity index (χ0) is 22.9. The molecule has 0 radical (unpaired) electrons. The third-order valence-corrected chi connectivity index (χ3v) is 8.01. The van der Waals surface area contributed by atoms with E-state index in [2.05, 4.69) is 17.2 Å². The van der Waals surface area contributed by atoms with E-state index in [4.69, 9.17) is 0 Å². The lowest BCUT2D eigenvalue weighted by atomic mass is 10.0. The fourth-order valence-corrected chi connectivity index (χ4v) is 5.70. The van der Waals surface area contributed by atoms with Crippen molar-refractivity contribution in [3.63, 3.8) is 0 Å². The SMILES string of the molecule is Cc1ccnc(NC(=O)CN2C(=O)CCc3cc(S(=O)(=O)N4CCC(C)CC4)ccc32)c1. The summed E-state index contributed by atoms with van der Waals surface area (Å²) in [6.07, 6.45) is 4.01. The molecular weight excluding hydrogens is 428 g/mol. The van der Waals surface area contributed by atoms with E-state index >= 15 is 0 Å². The van der Waals surface area contributed by atoms with Crippen molar-refractivity contribution >= 4 is 33.3 Å². The number of nitrogens with zero attached hydrogens (tertiary/aromatic N) is 3. The molecular formula is C23H28N4O4S. The van der Waals surface area contributed by atoms with Gasteiger partial charge >= 0.3 is 0 Å². The Morgan fingerprint density at radius 1 is 1.16 bits per heavy atom. The predicted octanol–water partition coefficient (Wildman–Crippen LogP) is 2.73. The second kappa shape index (κ2) is 8.99. The molecule has 0 saturated carbocycles. The summed E-state index contributed by atoms with van der Waals surface area (Å²) in [6, 6.07) is 8.42. The fraction of sp³-hybridized carbons (Fsp3) is 0.435. The number of carbonyl (C=O) groups is 2. The highest BCUT2D eigenvalue weighted by Crippen LogP contribution is 2.32. The van der Waals surface area contributed by atoms with Crippen molar-refractivity contribution in [2.45, 2.75) is 44.4 Å². The number of piperidine rings is 1. The Kier molecular flexibility index (Phi) is 6.30. The smallest absolute Gasteiger partial charge is 0.245 e. The summed E-state index contributed by atoms with van der Waals surface area (Å²) in [5.41, 5.74) is 2.31. The first-order valence-electron chi connectivity index (χ1n) is 10.9. The Morgan fingerprint density at radius 2 is 1.91 bits per heavy atom. The van der Waals surface area contributed by atoms with Crippen LogP contribution in [0.1, 0.15) is 37.3 Å². The maximum atomic E-state index is 13.1. The Morgan fingerprint density at radius 3 is 2.62 bits per heavy atom. The number of hydrogen-bond acceptors (Lipinski definition) is 5. The molecule has 4 rings (SSSR count). The first kappa shape index (κ1) is 22.4. The number of aryl methyl sites for hydroxylation is 2. The van der Waals surface area contributed by atoms with Crippen LogP contribution in [0.2, 0.25) is 0 Å². The van der Waals surface area contributed by atoms with Gasteiger partial charge in [-0.25, -0.2) is 13.4 Å². The monoisotopic (exact) mass is 456 g/mol. The molecule has 1 aromatic carbocycles. The number of rotatable bonds is 5. The highest BCUT2D eigenvalue weighted by atomic mass is 32.2. The van der Waals surface area contributed by atoms with E-state index in [1.54, 1.807) is 28.7 Å². The summed E-state index contributed by atoms with van der Waals surface area (Å²) in [4.78, 5) is 30.9. The van der Waals surface area contributed by atoms with Crippen molar-refractivity contribution < 1.29 is 18.0 Å². The van der Waals surface area contributed by atoms with Gasteiger partial charge < -0.3 is 10.2 Å². The van der Waals surface area contributed by atoms with E-state index in [1.165, 1.54) is 11.0 Å². The predicted molar refractivity (Wildman–Crippen MR) is 122 cm³/mol. The van der Waals surface area contributed by atoms with Crippen LogP contribution in [0.4, 0.5) is 11.5 Å². The summed E-state index contributed by atoms with van der Waals surface area (Å²) in [5.74, 6) is 0.441. The molecule has 0 bridgehead atoms. The highest BCUT2D eigenvalue weighted by molar-refractivity contribution is 7.89. The number of carbonyl (C=O) groups excluding carboxylic acids is 2. The molecule has 32 heavy (non-hydrogen) atoms. The zero-order valence-corrected chi connectivity index (χ0v) is 19.2. The van der Waals surface area contributed by atoms with E-state index in [0.29, 0.717) is 36.9 Å². The van der Waals surface area contributed by atoms with Crippen molar-refractivity contribution in [2.75, 3.05) is 29.9 Å². The first-order chi connectivity index (χ1) is 15.2. The molecule has 170 valence electrons. The average molecular weight is 457 g/mol. The standard InChI is InChI=1S/C23H28N4O4S/c1-16-8-11-26(12-9-16)32(30,31)19-4-5-20-18(14-19)3-6-23(29)27(20)15-22(28)25-21-13-17(2)7-10-24-21/h4-5,7,10,13-14,16H,3,6,8-9,11-12,15H2,1-2H3,(H,24,25,28). The molecule has 2 aliphatic rings. The molecule has 2 amide bonds. The van der Waals surface area contributed by atoms with Gasteiger partial charge in [-0.3, -0.25) is 9.59 Å². The summed E-state index contributed by atoms with van der Waals surface area (Å²) < 4.78 is 27.8. The molecule has 8 nitrogen and oxygen atoms in total. The number of amides is 2. The van der Waals surface area contributed by atoms with Crippen LogP contribution < -0.4 is 10.2 Å². The third-order valence-electron chi connectivity index (χ3n) is 6.12.